The molecule has 1 aliphatic rings. The van der Waals surface area contributed by atoms with Crippen LogP contribution in [-0.4, -0.2) is 51.3 Å². The minimum atomic E-state index is 0. The smallest absolute Gasteiger partial charge is 0.194 e. The van der Waals surface area contributed by atoms with Gasteiger partial charge in [-0.05, 0) is 26.7 Å². The van der Waals surface area contributed by atoms with Gasteiger partial charge in [0.1, 0.15) is 0 Å². The number of hydrogen-bond donors (Lipinski definition) is 1. The van der Waals surface area contributed by atoms with Crippen molar-refractivity contribution in [2.75, 3.05) is 25.4 Å². The van der Waals surface area contributed by atoms with Gasteiger partial charge in [0.15, 0.2) is 5.96 Å². The van der Waals surface area contributed by atoms with Gasteiger partial charge in [-0.3, -0.25) is 4.68 Å². The van der Waals surface area contributed by atoms with E-state index in [0.29, 0.717) is 17.7 Å². The number of aryl methyl sites for hydroxylation is 2. The topological polar surface area (TPSA) is 45.5 Å². The van der Waals surface area contributed by atoms with Gasteiger partial charge in [0.05, 0.1) is 12.2 Å². The van der Waals surface area contributed by atoms with Crippen LogP contribution in [0, 0.1) is 19.8 Å². The molecule has 1 N–H and O–H groups in total. The molecule has 1 aromatic rings. The molecule has 0 bridgehead atoms. The molecule has 0 aliphatic carbocycles. The zero-order chi connectivity index (χ0) is 17.0. The zero-order valence-electron chi connectivity index (χ0n) is 15.8. The van der Waals surface area contributed by atoms with E-state index in [0.717, 1.165) is 31.3 Å². The summed E-state index contributed by atoms with van der Waals surface area (Å²) in [5.41, 5.74) is 3.53. The maximum absolute atomic E-state index is 4.91. The number of rotatable bonds is 4. The average molecular weight is 465 g/mol. The molecule has 1 fully saturated rings. The Morgan fingerprint density at radius 1 is 1.42 bits per heavy atom. The quantitative estimate of drug-likeness (QED) is 0.422. The Morgan fingerprint density at radius 2 is 2.12 bits per heavy atom. The molecular weight excluding hydrogens is 433 g/mol. The summed E-state index contributed by atoms with van der Waals surface area (Å²) in [6, 6.07) is 0. The van der Waals surface area contributed by atoms with Crippen molar-refractivity contribution in [1.29, 1.82) is 0 Å². The van der Waals surface area contributed by atoms with Crippen molar-refractivity contribution in [2.24, 2.45) is 18.0 Å². The number of nitrogens with zero attached hydrogens (tertiary/aromatic N) is 4. The Morgan fingerprint density at radius 3 is 2.67 bits per heavy atom. The first-order valence-electron chi connectivity index (χ1n) is 8.58. The summed E-state index contributed by atoms with van der Waals surface area (Å²) in [6.07, 6.45) is 0. The maximum Gasteiger partial charge on any atom is 0.194 e. The van der Waals surface area contributed by atoms with Crippen LogP contribution in [0.15, 0.2) is 4.99 Å². The van der Waals surface area contributed by atoms with Crippen molar-refractivity contribution >= 4 is 41.7 Å². The van der Waals surface area contributed by atoms with Gasteiger partial charge in [0.2, 0.25) is 0 Å². The SMILES string of the molecule is CCNC(=NCc1c(C)nn(C)c1C)N1CCSC(C(C)C)C1.I. The molecule has 2 rings (SSSR count). The predicted octanol–water partition coefficient (Wildman–Crippen LogP) is 3.19. The monoisotopic (exact) mass is 465 g/mol. The van der Waals surface area contributed by atoms with Crippen LogP contribution in [0.25, 0.3) is 0 Å². The van der Waals surface area contributed by atoms with Gasteiger partial charge in [0, 0.05) is 48.9 Å². The molecule has 24 heavy (non-hydrogen) atoms. The number of halogens is 1. The summed E-state index contributed by atoms with van der Waals surface area (Å²) in [5.74, 6) is 2.92. The van der Waals surface area contributed by atoms with Gasteiger partial charge in [-0.1, -0.05) is 13.8 Å². The lowest BCUT2D eigenvalue weighted by atomic mass is 10.1. The van der Waals surface area contributed by atoms with Gasteiger partial charge in [-0.25, -0.2) is 4.99 Å². The molecular formula is C17H32IN5S. The molecule has 1 atom stereocenters. The van der Waals surface area contributed by atoms with Crippen LogP contribution in [0.2, 0.25) is 0 Å². The third-order valence-corrected chi connectivity index (χ3v) is 6.06. The second-order valence-electron chi connectivity index (χ2n) is 6.54. The fourth-order valence-electron chi connectivity index (χ4n) is 2.90. The van der Waals surface area contributed by atoms with Crippen molar-refractivity contribution < 1.29 is 0 Å². The third kappa shape index (κ3) is 5.28. The normalized spacial score (nSPS) is 18.7. The van der Waals surface area contributed by atoms with Gasteiger partial charge in [-0.2, -0.15) is 16.9 Å². The van der Waals surface area contributed by atoms with Crippen LogP contribution >= 0.6 is 35.7 Å². The second kappa shape index (κ2) is 9.89. The van der Waals surface area contributed by atoms with Crippen molar-refractivity contribution in [1.82, 2.24) is 20.0 Å². The molecule has 0 amide bonds. The lowest BCUT2D eigenvalue weighted by molar-refractivity contribution is 0.381. The fourth-order valence-corrected chi connectivity index (χ4v) is 4.20. The minimum absolute atomic E-state index is 0. The standard InChI is InChI=1S/C17H31N5S.HI/c1-7-18-17(22-8-9-23-16(11-22)12(2)3)19-10-15-13(4)20-21(6)14(15)5;/h12,16H,7-11H2,1-6H3,(H,18,19);1H. The van der Waals surface area contributed by atoms with Crippen LogP contribution in [0.4, 0.5) is 0 Å². The number of guanidine groups is 1. The first-order chi connectivity index (χ1) is 10.9. The van der Waals surface area contributed by atoms with Crippen molar-refractivity contribution in [2.45, 2.75) is 46.4 Å². The van der Waals surface area contributed by atoms with Crippen molar-refractivity contribution in [3.05, 3.63) is 17.0 Å². The van der Waals surface area contributed by atoms with Gasteiger partial charge < -0.3 is 10.2 Å². The van der Waals surface area contributed by atoms with Crippen LogP contribution < -0.4 is 5.32 Å². The van der Waals surface area contributed by atoms with E-state index in [9.17, 15) is 0 Å². The molecule has 5 nitrogen and oxygen atoms in total. The highest BCUT2D eigenvalue weighted by atomic mass is 127. The third-order valence-electron chi connectivity index (χ3n) is 4.52. The number of aromatic nitrogens is 2. The summed E-state index contributed by atoms with van der Waals surface area (Å²) < 4.78 is 1.94. The number of nitrogens with one attached hydrogen (secondary N) is 1. The Balaban J connectivity index is 0.00000288. The Kier molecular flexibility index (Phi) is 8.90. The lowest BCUT2D eigenvalue weighted by Gasteiger charge is -2.36. The summed E-state index contributed by atoms with van der Waals surface area (Å²) in [6.45, 7) is 14.7. The predicted molar refractivity (Wildman–Crippen MR) is 116 cm³/mol. The molecule has 1 aliphatic heterocycles. The number of thioether (sulfide) groups is 1. The summed E-state index contributed by atoms with van der Waals surface area (Å²) in [7, 11) is 2.00. The number of hydrogen-bond acceptors (Lipinski definition) is 3. The van der Waals surface area contributed by atoms with Crippen LogP contribution in [-0.2, 0) is 13.6 Å². The molecule has 138 valence electrons. The van der Waals surface area contributed by atoms with Gasteiger partial charge >= 0.3 is 0 Å². The molecule has 0 saturated carbocycles. The molecule has 1 saturated heterocycles. The average Bonchev–Trinajstić information content (AvgIpc) is 2.77. The first kappa shape index (κ1) is 21.6. The van der Waals surface area contributed by atoms with Crippen LogP contribution in [0.5, 0.6) is 0 Å². The minimum Gasteiger partial charge on any atom is -0.357 e. The highest BCUT2D eigenvalue weighted by Crippen LogP contribution is 2.25. The highest BCUT2D eigenvalue weighted by Gasteiger charge is 2.25. The maximum atomic E-state index is 4.91. The van der Waals surface area contributed by atoms with Gasteiger partial charge in [-0.15, -0.1) is 24.0 Å². The molecule has 2 heterocycles. The summed E-state index contributed by atoms with van der Waals surface area (Å²) in [4.78, 5) is 7.33. The van der Waals surface area contributed by atoms with E-state index in [-0.39, 0.29) is 24.0 Å². The van der Waals surface area contributed by atoms with Crippen LogP contribution in [0.1, 0.15) is 37.7 Å². The fraction of sp³-hybridized carbons (Fsp3) is 0.765. The largest absolute Gasteiger partial charge is 0.357 e. The Hall–Kier alpha value is -0.440. The molecule has 1 aromatic heterocycles. The zero-order valence-corrected chi connectivity index (χ0v) is 18.9. The molecule has 0 aromatic carbocycles. The van der Waals surface area contributed by atoms with Crippen molar-refractivity contribution in [3.8, 4) is 0 Å². The molecule has 0 spiro atoms. The van der Waals surface area contributed by atoms with E-state index in [1.54, 1.807) is 0 Å². The van der Waals surface area contributed by atoms with Crippen LogP contribution in [0.3, 0.4) is 0 Å². The lowest BCUT2D eigenvalue weighted by Crippen LogP contribution is -2.49. The number of aliphatic imine (C=N–C) groups is 1. The van der Waals surface area contributed by atoms with E-state index >= 15 is 0 Å². The van der Waals surface area contributed by atoms with Gasteiger partial charge in [0.25, 0.3) is 0 Å². The molecule has 7 heteroatoms. The second-order valence-corrected chi connectivity index (χ2v) is 7.89. The first-order valence-corrected chi connectivity index (χ1v) is 9.62. The van der Waals surface area contributed by atoms with E-state index in [2.05, 4.69) is 61.7 Å². The van der Waals surface area contributed by atoms with E-state index < -0.39 is 0 Å². The summed E-state index contributed by atoms with van der Waals surface area (Å²) >= 11 is 2.10. The Bertz CT molecular complexity index is 555. The van der Waals surface area contributed by atoms with Crippen molar-refractivity contribution in [3.63, 3.8) is 0 Å². The van der Waals surface area contributed by atoms with E-state index in [1.165, 1.54) is 17.0 Å². The van der Waals surface area contributed by atoms with E-state index in [1.807, 2.05) is 11.7 Å². The molecule has 0 radical (unpaired) electrons. The summed E-state index contributed by atoms with van der Waals surface area (Å²) in [5, 5.41) is 8.65. The van der Waals surface area contributed by atoms with E-state index in [4.69, 9.17) is 4.99 Å². The molecule has 1 unspecified atom stereocenters. The highest BCUT2D eigenvalue weighted by molar-refractivity contribution is 14.0. The Labute approximate surface area is 168 Å².